The van der Waals surface area contributed by atoms with E-state index in [4.69, 9.17) is 27.9 Å². The van der Waals surface area contributed by atoms with Gasteiger partial charge in [0.15, 0.2) is 0 Å². The Morgan fingerprint density at radius 1 is 1.28 bits per heavy atom. The Hall–Kier alpha value is -1.14. The summed E-state index contributed by atoms with van der Waals surface area (Å²) in [4.78, 5) is 22.5. The number of hydrogen-bond donors (Lipinski definition) is 1. The number of aromatic nitrogens is 3. The van der Waals surface area contributed by atoms with Crippen LogP contribution in [0.4, 0.5) is 5.95 Å². The van der Waals surface area contributed by atoms with Crippen molar-refractivity contribution in [2.45, 2.75) is 26.2 Å². The van der Waals surface area contributed by atoms with E-state index in [1.165, 1.54) is 0 Å². The molecule has 8 heteroatoms. The Morgan fingerprint density at radius 3 is 2.56 bits per heavy atom. The van der Waals surface area contributed by atoms with Crippen molar-refractivity contribution in [1.82, 2.24) is 15.0 Å². The molecule has 6 nitrogen and oxygen atoms in total. The zero-order valence-corrected chi connectivity index (χ0v) is 11.5. The van der Waals surface area contributed by atoms with E-state index < -0.39 is 0 Å². The third kappa shape index (κ3) is 5.97. The molecule has 1 aromatic heterocycles. The fraction of sp³-hybridized carbons (Fsp3) is 0.600. The van der Waals surface area contributed by atoms with Gasteiger partial charge in [-0.15, -0.1) is 0 Å². The number of nitrogens with zero attached hydrogens (tertiary/aromatic N) is 3. The second-order valence-corrected chi connectivity index (χ2v) is 4.12. The molecule has 0 spiro atoms. The molecule has 0 aliphatic carbocycles. The number of esters is 1. The van der Waals surface area contributed by atoms with E-state index >= 15 is 0 Å². The number of hydrogen-bond acceptors (Lipinski definition) is 6. The maximum Gasteiger partial charge on any atom is 0.307 e. The highest BCUT2D eigenvalue weighted by molar-refractivity contribution is 6.31. The molecule has 1 rings (SSSR count). The molecular formula is C10H14Cl2N4O2. The van der Waals surface area contributed by atoms with Crippen LogP contribution in [0, 0.1) is 0 Å². The van der Waals surface area contributed by atoms with Gasteiger partial charge < -0.3 is 10.1 Å². The minimum absolute atomic E-state index is 0.00280. The molecule has 0 aromatic carbocycles. The third-order valence-electron chi connectivity index (χ3n) is 1.95. The zero-order valence-electron chi connectivity index (χ0n) is 9.95. The molecule has 0 saturated carbocycles. The molecule has 0 radical (unpaired) electrons. The normalized spacial score (nSPS) is 10.2. The van der Waals surface area contributed by atoms with Crippen LogP contribution in [0.5, 0.6) is 0 Å². The van der Waals surface area contributed by atoms with Gasteiger partial charge in [0.05, 0.1) is 13.0 Å². The molecule has 0 aliphatic heterocycles. The molecule has 1 heterocycles. The molecule has 18 heavy (non-hydrogen) atoms. The lowest BCUT2D eigenvalue weighted by Gasteiger charge is -2.05. The highest BCUT2D eigenvalue weighted by Gasteiger charge is 2.05. The van der Waals surface area contributed by atoms with Crippen molar-refractivity contribution in [2.75, 3.05) is 18.5 Å². The lowest BCUT2D eigenvalue weighted by atomic mass is 10.3. The van der Waals surface area contributed by atoms with E-state index in [0.717, 1.165) is 12.8 Å². The minimum Gasteiger partial charge on any atom is -0.466 e. The number of unbranched alkanes of at least 4 members (excludes halogenated alkanes) is 1. The van der Waals surface area contributed by atoms with Gasteiger partial charge in [0, 0.05) is 6.54 Å². The topological polar surface area (TPSA) is 77.0 Å². The lowest BCUT2D eigenvalue weighted by Crippen LogP contribution is -2.13. The van der Waals surface area contributed by atoms with Gasteiger partial charge in [0.25, 0.3) is 0 Å². The Morgan fingerprint density at radius 2 is 1.94 bits per heavy atom. The van der Waals surface area contributed by atoms with Crippen LogP contribution in [-0.4, -0.2) is 34.1 Å². The summed E-state index contributed by atoms with van der Waals surface area (Å²) in [6, 6.07) is 0. The number of anilines is 1. The standard InChI is InChI=1S/C10H14Cl2N4O2/c1-2-3-6-18-7(17)4-5-13-10-15-8(11)14-9(12)16-10/h2-6H2,1H3,(H,13,14,15,16). The van der Waals surface area contributed by atoms with E-state index in [2.05, 4.69) is 20.3 Å². The SMILES string of the molecule is CCCCOC(=O)CCNc1nc(Cl)nc(Cl)n1. The Labute approximate surface area is 115 Å². The van der Waals surface area contributed by atoms with Crippen LogP contribution in [-0.2, 0) is 9.53 Å². The molecule has 0 atom stereocenters. The molecule has 0 bridgehead atoms. The molecule has 100 valence electrons. The maximum absolute atomic E-state index is 11.3. The van der Waals surface area contributed by atoms with Gasteiger partial charge in [-0.05, 0) is 29.6 Å². The average molecular weight is 293 g/mol. The van der Waals surface area contributed by atoms with E-state index in [9.17, 15) is 4.79 Å². The van der Waals surface area contributed by atoms with Gasteiger partial charge in [0.2, 0.25) is 16.5 Å². The van der Waals surface area contributed by atoms with E-state index in [1.54, 1.807) is 0 Å². The molecule has 0 fully saturated rings. The second-order valence-electron chi connectivity index (χ2n) is 3.45. The smallest absolute Gasteiger partial charge is 0.307 e. The van der Waals surface area contributed by atoms with Crippen molar-refractivity contribution >= 4 is 35.1 Å². The molecular weight excluding hydrogens is 279 g/mol. The number of nitrogens with one attached hydrogen (secondary N) is 1. The molecule has 0 aliphatic rings. The molecule has 0 amide bonds. The van der Waals surface area contributed by atoms with Gasteiger partial charge in [-0.3, -0.25) is 4.79 Å². The predicted molar refractivity (Wildman–Crippen MR) is 68.8 cm³/mol. The van der Waals surface area contributed by atoms with Crippen LogP contribution < -0.4 is 5.32 Å². The summed E-state index contributed by atoms with van der Waals surface area (Å²) in [5.41, 5.74) is 0. The first-order chi connectivity index (χ1) is 8.61. The predicted octanol–water partition coefficient (Wildman–Crippen LogP) is 2.32. The fourth-order valence-electron chi connectivity index (χ4n) is 1.08. The first-order valence-electron chi connectivity index (χ1n) is 5.58. The number of rotatable bonds is 7. The van der Waals surface area contributed by atoms with Crippen molar-refractivity contribution in [1.29, 1.82) is 0 Å². The number of carbonyl (C=O) groups is 1. The number of ether oxygens (including phenoxy) is 1. The molecule has 1 aromatic rings. The lowest BCUT2D eigenvalue weighted by molar-refractivity contribution is -0.143. The Kier molecular flexibility index (Phi) is 6.67. The summed E-state index contributed by atoms with van der Waals surface area (Å²) in [6.07, 6.45) is 2.09. The first-order valence-corrected chi connectivity index (χ1v) is 6.34. The van der Waals surface area contributed by atoms with E-state index in [-0.39, 0.29) is 28.9 Å². The quantitative estimate of drug-likeness (QED) is 0.614. The Bertz CT molecular complexity index is 383. The van der Waals surface area contributed by atoms with Gasteiger partial charge >= 0.3 is 5.97 Å². The van der Waals surface area contributed by atoms with Crippen LogP contribution in [0.2, 0.25) is 10.6 Å². The monoisotopic (exact) mass is 292 g/mol. The van der Waals surface area contributed by atoms with Crippen LogP contribution in [0.25, 0.3) is 0 Å². The van der Waals surface area contributed by atoms with Gasteiger partial charge in [-0.2, -0.15) is 15.0 Å². The van der Waals surface area contributed by atoms with Crippen LogP contribution in [0.1, 0.15) is 26.2 Å². The van der Waals surface area contributed by atoms with Crippen molar-refractivity contribution in [3.05, 3.63) is 10.6 Å². The summed E-state index contributed by atoms with van der Waals surface area (Å²) in [5.74, 6) is -0.0245. The summed E-state index contributed by atoms with van der Waals surface area (Å²) >= 11 is 11.2. The van der Waals surface area contributed by atoms with Crippen LogP contribution in [0.3, 0.4) is 0 Å². The van der Waals surface area contributed by atoms with Crippen molar-refractivity contribution in [3.63, 3.8) is 0 Å². The third-order valence-corrected chi connectivity index (χ3v) is 2.29. The average Bonchev–Trinajstić information content (AvgIpc) is 2.28. The summed E-state index contributed by atoms with van der Waals surface area (Å²) < 4.78 is 4.98. The summed E-state index contributed by atoms with van der Waals surface area (Å²) in [7, 11) is 0. The highest BCUT2D eigenvalue weighted by Crippen LogP contribution is 2.09. The van der Waals surface area contributed by atoms with E-state index in [1.807, 2.05) is 6.92 Å². The Balaban J connectivity index is 2.26. The minimum atomic E-state index is -0.262. The highest BCUT2D eigenvalue weighted by atomic mass is 35.5. The van der Waals surface area contributed by atoms with Crippen molar-refractivity contribution < 1.29 is 9.53 Å². The molecule has 1 N–H and O–H groups in total. The zero-order chi connectivity index (χ0) is 13.4. The molecule has 0 unspecified atom stereocenters. The summed E-state index contributed by atoms with van der Waals surface area (Å²) in [6.45, 7) is 2.84. The van der Waals surface area contributed by atoms with Crippen LogP contribution >= 0.6 is 23.2 Å². The number of carbonyl (C=O) groups excluding carboxylic acids is 1. The van der Waals surface area contributed by atoms with Gasteiger partial charge in [-0.25, -0.2) is 0 Å². The van der Waals surface area contributed by atoms with Crippen molar-refractivity contribution in [2.24, 2.45) is 0 Å². The van der Waals surface area contributed by atoms with E-state index in [0.29, 0.717) is 13.2 Å². The second kappa shape index (κ2) is 8.05. The first kappa shape index (κ1) is 14.9. The van der Waals surface area contributed by atoms with Crippen LogP contribution in [0.15, 0.2) is 0 Å². The fourth-order valence-corrected chi connectivity index (χ4v) is 1.45. The van der Waals surface area contributed by atoms with Crippen molar-refractivity contribution in [3.8, 4) is 0 Å². The largest absolute Gasteiger partial charge is 0.466 e. The van der Waals surface area contributed by atoms with Gasteiger partial charge in [0.1, 0.15) is 0 Å². The number of halogens is 2. The maximum atomic E-state index is 11.3. The molecule has 0 saturated heterocycles. The summed E-state index contributed by atoms with van der Waals surface area (Å²) in [5, 5.41) is 2.82. The van der Waals surface area contributed by atoms with Gasteiger partial charge in [-0.1, -0.05) is 13.3 Å².